The molecule has 0 unspecified atom stereocenters. The Bertz CT molecular complexity index is 785. The first kappa shape index (κ1) is 23.3. The summed E-state index contributed by atoms with van der Waals surface area (Å²) >= 11 is 0. The van der Waals surface area contributed by atoms with Crippen LogP contribution in [0.15, 0.2) is 29.3 Å². The number of anilines is 1. The summed E-state index contributed by atoms with van der Waals surface area (Å²) < 4.78 is 28.3. The van der Waals surface area contributed by atoms with E-state index in [2.05, 4.69) is 48.0 Å². The molecule has 1 aliphatic rings. The van der Waals surface area contributed by atoms with E-state index in [1.54, 1.807) is 7.11 Å². The van der Waals surface area contributed by atoms with Crippen molar-refractivity contribution in [2.24, 2.45) is 10.4 Å². The van der Waals surface area contributed by atoms with Crippen LogP contribution in [0.5, 0.6) is 5.75 Å². The van der Waals surface area contributed by atoms with Gasteiger partial charge >= 0.3 is 0 Å². The number of rotatable bonds is 8. The molecule has 0 aliphatic carbocycles. The Kier molecular flexibility index (Phi) is 8.19. The van der Waals surface area contributed by atoms with Crippen molar-refractivity contribution < 1.29 is 13.2 Å². The summed E-state index contributed by atoms with van der Waals surface area (Å²) in [5, 5.41) is 3.39. The minimum atomic E-state index is -2.95. The summed E-state index contributed by atoms with van der Waals surface area (Å²) in [7, 11) is -1.27. The number of methoxy groups -OCH3 is 1. The van der Waals surface area contributed by atoms with Crippen molar-refractivity contribution in [3.05, 3.63) is 24.3 Å². The molecule has 1 heterocycles. The lowest BCUT2D eigenvalue weighted by Crippen LogP contribution is -2.52. The third kappa shape index (κ3) is 7.76. The van der Waals surface area contributed by atoms with E-state index >= 15 is 0 Å². The van der Waals surface area contributed by atoms with Crippen LogP contribution in [0.2, 0.25) is 0 Å². The third-order valence-corrected chi connectivity index (χ3v) is 6.08. The zero-order valence-electron chi connectivity index (χ0n) is 18.4. The summed E-state index contributed by atoms with van der Waals surface area (Å²) in [5.41, 5.74) is 1.01. The van der Waals surface area contributed by atoms with Gasteiger partial charge in [-0.15, -0.1) is 0 Å². The number of sulfone groups is 1. The second-order valence-electron chi connectivity index (χ2n) is 8.39. The molecule has 1 aromatic carbocycles. The van der Waals surface area contributed by atoms with Gasteiger partial charge in [0.1, 0.15) is 15.6 Å². The van der Waals surface area contributed by atoms with Crippen molar-refractivity contribution in [3.63, 3.8) is 0 Å². The maximum atomic E-state index is 11.5. The normalized spacial score (nSPS) is 16.1. The standard InChI is InChI=1S/C21H36N4O3S/c1-6-22-20(23-17-21(2,3)10-15-29(5,26)27)25-13-11-24(12-14-25)18-8-7-9-19(16-18)28-4/h7-9,16H,6,10-15,17H2,1-5H3,(H,22,23). The van der Waals surface area contributed by atoms with Gasteiger partial charge in [0.15, 0.2) is 5.96 Å². The number of guanidine groups is 1. The fourth-order valence-corrected chi connectivity index (χ4v) is 4.16. The minimum absolute atomic E-state index is 0.161. The molecule has 1 aromatic rings. The van der Waals surface area contributed by atoms with Crippen molar-refractivity contribution >= 4 is 21.5 Å². The van der Waals surface area contributed by atoms with Crippen LogP contribution in [-0.4, -0.2) is 77.7 Å². The summed E-state index contributed by atoms with van der Waals surface area (Å²) in [6.45, 7) is 11.2. The minimum Gasteiger partial charge on any atom is -0.497 e. The van der Waals surface area contributed by atoms with Gasteiger partial charge in [-0.1, -0.05) is 19.9 Å². The van der Waals surface area contributed by atoms with E-state index in [9.17, 15) is 8.42 Å². The maximum absolute atomic E-state index is 11.5. The van der Waals surface area contributed by atoms with Gasteiger partial charge in [0.05, 0.1) is 12.9 Å². The van der Waals surface area contributed by atoms with Crippen molar-refractivity contribution in [1.82, 2.24) is 10.2 Å². The average Bonchev–Trinajstić information content (AvgIpc) is 2.69. The van der Waals surface area contributed by atoms with E-state index < -0.39 is 9.84 Å². The number of aliphatic imine (C=N–C) groups is 1. The highest BCUT2D eigenvalue weighted by Crippen LogP contribution is 2.23. The lowest BCUT2D eigenvalue weighted by molar-refractivity contribution is 0.348. The monoisotopic (exact) mass is 424 g/mol. The quantitative estimate of drug-likeness (QED) is 0.510. The smallest absolute Gasteiger partial charge is 0.194 e. The predicted octanol–water partition coefficient (Wildman–Crippen LogP) is 2.24. The topological polar surface area (TPSA) is 74.2 Å². The van der Waals surface area contributed by atoms with Crippen molar-refractivity contribution in [3.8, 4) is 5.75 Å². The van der Waals surface area contributed by atoms with Crippen LogP contribution in [0.25, 0.3) is 0 Å². The number of nitrogens with zero attached hydrogens (tertiary/aromatic N) is 3. The molecule has 2 rings (SSSR count). The number of benzene rings is 1. The molecule has 1 fully saturated rings. The zero-order chi connectivity index (χ0) is 21.5. The van der Waals surface area contributed by atoms with E-state index in [0.29, 0.717) is 13.0 Å². The number of nitrogens with one attached hydrogen (secondary N) is 1. The Morgan fingerprint density at radius 2 is 1.93 bits per heavy atom. The van der Waals surface area contributed by atoms with Crippen LogP contribution in [0.3, 0.4) is 0 Å². The molecule has 1 saturated heterocycles. The van der Waals surface area contributed by atoms with E-state index in [-0.39, 0.29) is 11.2 Å². The Hall–Kier alpha value is -1.96. The van der Waals surface area contributed by atoms with Gasteiger partial charge < -0.3 is 19.9 Å². The molecule has 0 amide bonds. The van der Waals surface area contributed by atoms with Gasteiger partial charge in [-0.3, -0.25) is 4.99 Å². The molecule has 164 valence electrons. The molecule has 7 nitrogen and oxygen atoms in total. The predicted molar refractivity (Wildman–Crippen MR) is 121 cm³/mol. The molecular weight excluding hydrogens is 388 g/mol. The Morgan fingerprint density at radius 3 is 2.52 bits per heavy atom. The Labute approximate surface area is 176 Å². The highest BCUT2D eigenvalue weighted by molar-refractivity contribution is 7.90. The first-order valence-electron chi connectivity index (χ1n) is 10.2. The first-order chi connectivity index (χ1) is 13.6. The molecule has 29 heavy (non-hydrogen) atoms. The molecule has 0 atom stereocenters. The van der Waals surface area contributed by atoms with Gasteiger partial charge in [-0.25, -0.2) is 8.42 Å². The van der Waals surface area contributed by atoms with Crippen LogP contribution in [0, 0.1) is 5.41 Å². The van der Waals surface area contributed by atoms with Gasteiger partial charge in [0, 0.05) is 57.3 Å². The molecule has 0 spiro atoms. The van der Waals surface area contributed by atoms with E-state index in [4.69, 9.17) is 9.73 Å². The Balaban J connectivity index is 1.98. The van der Waals surface area contributed by atoms with Crippen LogP contribution in [0.1, 0.15) is 27.2 Å². The summed E-state index contributed by atoms with van der Waals surface area (Å²) in [5.74, 6) is 1.98. The lowest BCUT2D eigenvalue weighted by atomic mass is 9.90. The second-order valence-corrected chi connectivity index (χ2v) is 10.6. The molecule has 8 heteroatoms. The molecule has 0 aromatic heterocycles. The second kappa shape index (κ2) is 10.2. The number of hydrogen-bond acceptors (Lipinski definition) is 5. The first-order valence-corrected chi connectivity index (χ1v) is 12.3. The molecule has 1 N–H and O–H groups in total. The number of hydrogen-bond donors (Lipinski definition) is 1. The fourth-order valence-electron chi connectivity index (χ4n) is 3.24. The number of ether oxygens (including phenoxy) is 1. The van der Waals surface area contributed by atoms with Crippen LogP contribution < -0.4 is 15.0 Å². The summed E-state index contributed by atoms with van der Waals surface area (Å²) in [6.07, 6.45) is 1.90. The van der Waals surface area contributed by atoms with Gasteiger partial charge in [0.25, 0.3) is 0 Å². The average molecular weight is 425 g/mol. The van der Waals surface area contributed by atoms with Crippen molar-refractivity contribution in [2.45, 2.75) is 27.2 Å². The van der Waals surface area contributed by atoms with Gasteiger partial charge in [0.2, 0.25) is 0 Å². The van der Waals surface area contributed by atoms with Gasteiger partial charge in [-0.05, 0) is 30.9 Å². The Morgan fingerprint density at radius 1 is 1.24 bits per heavy atom. The highest BCUT2D eigenvalue weighted by Gasteiger charge is 2.23. The molecule has 0 saturated carbocycles. The zero-order valence-corrected chi connectivity index (χ0v) is 19.3. The molecule has 0 radical (unpaired) electrons. The fraction of sp³-hybridized carbons (Fsp3) is 0.667. The molecule has 0 bridgehead atoms. The molecule has 1 aliphatic heterocycles. The largest absolute Gasteiger partial charge is 0.497 e. The SMILES string of the molecule is CCNC(=NCC(C)(C)CCS(C)(=O)=O)N1CCN(c2cccc(OC)c2)CC1. The van der Waals surface area contributed by atoms with Gasteiger partial charge in [-0.2, -0.15) is 0 Å². The van der Waals surface area contributed by atoms with Crippen molar-refractivity contribution in [1.29, 1.82) is 0 Å². The van der Waals surface area contributed by atoms with E-state index in [1.165, 1.54) is 11.9 Å². The highest BCUT2D eigenvalue weighted by atomic mass is 32.2. The number of piperazine rings is 1. The summed E-state index contributed by atoms with van der Waals surface area (Å²) in [4.78, 5) is 9.48. The van der Waals surface area contributed by atoms with E-state index in [0.717, 1.165) is 44.4 Å². The van der Waals surface area contributed by atoms with E-state index in [1.807, 2.05) is 12.1 Å². The van der Waals surface area contributed by atoms with Crippen LogP contribution in [-0.2, 0) is 9.84 Å². The van der Waals surface area contributed by atoms with Crippen LogP contribution >= 0.6 is 0 Å². The van der Waals surface area contributed by atoms with Crippen LogP contribution in [0.4, 0.5) is 5.69 Å². The molecular formula is C21H36N4O3S. The van der Waals surface area contributed by atoms with Crippen molar-refractivity contribution in [2.75, 3.05) is 63.3 Å². The maximum Gasteiger partial charge on any atom is 0.194 e. The third-order valence-electron chi connectivity index (χ3n) is 5.14. The lowest BCUT2D eigenvalue weighted by Gasteiger charge is -2.38. The summed E-state index contributed by atoms with van der Waals surface area (Å²) in [6, 6.07) is 8.16.